The van der Waals surface area contributed by atoms with Crippen LogP contribution in [0.3, 0.4) is 0 Å². The molecule has 7 heteroatoms. The Morgan fingerprint density at radius 3 is 1.43 bits per heavy atom. The van der Waals surface area contributed by atoms with Crippen molar-refractivity contribution in [3.8, 4) is 0 Å². The van der Waals surface area contributed by atoms with Gasteiger partial charge in [0.15, 0.2) is 0 Å². The van der Waals surface area contributed by atoms with Gasteiger partial charge in [-0.3, -0.25) is 0 Å². The Balaban J connectivity index is 0.000000497. The molecule has 0 radical (unpaired) electrons. The zero-order valence-electron chi connectivity index (χ0n) is 28.6. The molecular weight excluding hydrogens is 654 g/mol. The number of rotatable bonds is 7. The van der Waals surface area contributed by atoms with E-state index < -0.39 is 0 Å². The van der Waals surface area contributed by atoms with Crippen molar-refractivity contribution in [1.29, 1.82) is 0 Å². The van der Waals surface area contributed by atoms with Crippen molar-refractivity contribution in [2.75, 3.05) is 26.2 Å². The summed E-state index contributed by atoms with van der Waals surface area (Å²) in [6.07, 6.45) is 23.5. The molecule has 8 saturated carbocycles. The molecule has 258 valence electrons. The molecule has 4 nitrogen and oxygen atoms in total. The third kappa shape index (κ3) is 6.26. The first-order valence-electron chi connectivity index (χ1n) is 19.4. The molecule has 1 atom stereocenters. The minimum Gasteiger partial charge on any atom is -0.301 e. The predicted octanol–water partition coefficient (Wildman–Crippen LogP) is 7.62. The minimum atomic E-state index is -0.0936. The maximum Gasteiger partial charge on any atom is 2.00 e. The first-order chi connectivity index (χ1) is 22.5. The van der Waals surface area contributed by atoms with E-state index in [1.54, 1.807) is 88.2 Å². The smallest absolute Gasteiger partial charge is 0.301 e. The molecule has 2 heterocycles. The van der Waals surface area contributed by atoms with Crippen LogP contribution in [-0.4, -0.2) is 48.8 Å². The maximum atomic E-state index is 3.94. The van der Waals surface area contributed by atoms with Gasteiger partial charge in [-0.2, -0.15) is 35.9 Å². The summed E-state index contributed by atoms with van der Waals surface area (Å²) in [4.78, 5) is 0. The first-order valence-corrected chi connectivity index (χ1v) is 21.5. The number of nitrogens with one attached hydrogen (secondary N) is 4. The van der Waals surface area contributed by atoms with Gasteiger partial charge >= 0.3 is 17.1 Å². The van der Waals surface area contributed by atoms with E-state index in [4.69, 9.17) is 0 Å². The second-order valence-corrected chi connectivity index (χ2v) is 21.6. The Morgan fingerprint density at radius 1 is 0.660 bits per heavy atom. The van der Waals surface area contributed by atoms with E-state index in [-0.39, 0.29) is 42.5 Å². The average molecular weight is 715 g/mol. The van der Waals surface area contributed by atoms with Gasteiger partial charge in [0.1, 0.15) is 0 Å². The topological polar surface area (TPSA) is 48.1 Å². The molecule has 8 bridgehead atoms. The van der Waals surface area contributed by atoms with Gasteiger partial charge < -0.3 is 21.3 Å². The van der Waals surface area contributed by atoms with Gasteiger partial charge in [-0.1, -0.05) is 6.16 Å². The van der Waals surface area contributed by atoms with Crippen molar-refractivity contribution < 1.29 is 17.1 Å². The maximum absolute atomic E-state index is 3.94. The summed E-state index contributed by atoms with van der Waals surface area (Å²) in [6, 6.07) is 17.6. The molecule has 4 N–H and O–H groups in total. The van der Waals surface area contributed by atoms with Crippen molar-refractivity contribution in [2.45, 2.75) is 124 Å². The Hall–Kier alpha value is -0.0805. The predicted molar refractivity (Wildman–Crippen MR) is 197 cm³/mol. The van der Waals surface area contributed by atoms with Crippen LogP contribution in [0.25, 0.3) is 0 Å². The van der Waals surface area contributed by atoms with Crippen molar-refractivity contribution in [1.82, 2.24) is 21.3 Å². The van der Waals surface area contributed by atoms with Crippen molar-refractivity contribution >= 4 is 17.2 Å². The Bertz CT molecular complexity index is 1160. The fourth-order valence-electron chi connectivity index (χ4n) is 13.6. The average Bonchev–Trinajstić information content (AvgIpc) is 3.79. The van der Waals surface area contributed by atoms with E-state index in [1.165, 1.54) is 19.0 Å². The fraction of sp³-hybridized carbons (Fsp3) is 0.750. The largest absolute Gasteiger partial charge is 2.00 e. The second-order valence-electron chi connectivity index (χ2n) is 17.6. The van der Waals surface area contributed by atoms with Crippen molar-refractivity contribution in [2.24, 2.45) is 35.5 Å². The standard InChI is InChI=1S/C35H55N4P2.C5H5.Fe/c40-35(31-36-6-2-7-37-31,32-38-8-3-9-39-32)30-5-1-4-29(30)22-41(33-16-23-10-24(17-33)12-25(11-23)18-33)34-19-26-13-27(20-34)15-28(14-26)21-34;1-2-4-5-3-1;/h1,4-5,23-28,31-32,36-39H,2-3,6-22,40H2;1-5H;/q2*-1;+2. The fourth-order valence-corrected chi connectivity index (χ4v) is 19.5. The zero-order chi connectivity index (χ0) is 30.8. The van der Waals surface area contributed by atoms with E-state index in [0.29, 0.717) is 10.3 Å². The SMILES string of the molecule is PC(c1[cH-]ccc1CP(C12CC3CC(CC(C3)C1)C2)C12CC3CC(CC(C3)C1)C2)(C1NCCCN1)C1NCCCN1.[Fe+2].c1cc[cH-]c1. The summed E-state index contributed by atoms with van der Waals surface area (Å²) in [5.41, 5.74) is 3.34. The second kappa shape index (κ2) is 13.8. The molecule has 1 unspecified atom stereocenters. The van der Waals surface area contributed by atoms with Gasteiger partial charge in [-0.25, -0.2) is 18.2 Å². The number of hydrogen-bond donors (Lipinski definition) is 4. The molecule has 10 fully saturated rings. The first kappa shape index (κ1) is 34.0. The molecule has 0 amide bonds. The Morgan fingerprint density at radius 2 is 1.06 bits per heavy atom. The van der Waals surface area contributed by atoms with Gasteiger partial charge in [0.05, 0.1) is 12.3 Å². The van der Waals surface area contributed by atoms with Crippen LogP contribution < -0.4 is 21.3 Å². The van der Waals surface area contributed by atoms with E-state index >= 15 is 0 Å². The minimum absolute atomic E-state index is 0. The molecule has 0 aromatic heterocycles. The van der Waals surface area contributed by atoms with Crippen LogP contribution >= 0.6 is 17.2 Å². The quantitative estimate of drug-likeness (QED) is 0.136. The van der Waals surface area contributed by atoms with Crippen LogP contribution in [0.4, 0.5) is 0 Å². The van der Waals surface area contributed by atoms with Crippen molar-refractivity contribution in [3.05, 3.63) is 59.7 Å². The molecule has 8 aliphatic carbocycles. The van der Waals surface area contributed by atoms with Crippen molar-refractivity contribution in [3.63, 3.8) is 0 Å². The summed E-state index contributed by atoms with van der Waals surface area (Å²) in [5.74, 6) is 6.37. The summed E-state index contributed by atoms with van der Waals surface area (Å²) in [5, 5.41) is 17.0. The molecule has 12 rings (SSSR count). The van der Waals surface area contributed by atoms with E-state index in [9.17, 15) is 0 Å². The van der Waals surface area contributed by atoms with Gasteiger partial charge in [-0.15, -0.1) is 22.7 Å². The van der Waals surface area contributed by atoms with Crippen LogP contribution in [0.1, 0.15) is 101 Å². The zero-order valence-corrected chi connectivity index (χ0v) is 31.7. The van der Waals surface area contributed by atoms with E-state index in [0.717, 1.165) is 61.7 Å². The molecule has 2 aromatic carbocycles. The normalized spacial score (nSPS) is 40.1. The third-order valence-electron chi connectivity index (χ3n) is 14.5. The van der Waals surface area contributed by atoms with Crippen LogP contribution in [0.2, 0.25) is 0 Å². The van der Waals surface area contributed by atoms with Gasteiger partial charge in [0, 0.05) is 5.16 Å². The Kier molecular flexibility index (Phi) is 10.00. The molecule has 2 saturated heterocycles. The van der Waals surface area contributed by atoms with Crippen LogP contribution in [0.15, 0.2) is 48.5 Å². The van der Waals surface area contributed by atoms with Crippen LogP contribution in [-0.2, 0) is 28.4 Å². The summed E-state index contributed by atoms with van der Waals surface area (Å²) in [7, 11) is 3.39. The number of hydrogen-bond acceptors (Lipinski definition) is 4. The molecule has 2 aliphatic heterocycles. The van der Waals surface area contributed by atoms with Gasteiger partial charge in [0.2, 0.25) is 0 Å². The summed E-state index contributed by atoms with van der Waals surface area (Å²) >= 11 is 0. The molecule has 10 aliphatic rings. The van der Waals surface area contributed by atoms with Crippen LogP contribution in [0.5, 0.6) is 0 Å². The molecule has 0 spiro atoms. The summed E-state index contributed by atoms with van der Waals surface area (Å²) in [6.45, 7) is 4.46. The Labute approximate surface area is 299 Å². The monoisotopic (exact) mass is 714 g/mol. The van der Waals surface area contributed by atoms with E-state index in [1.807, 2.05) is 30.3 Å². The molecule has 47 heavy (non-hydrogen) atoms. The summed E-state index contributed by atoms with van der Waals surface area (Å²) < 4.78 is 0. The van der Waals surface area contributed by atoms with Gasteiger partial charge in [0.25, 0.3) is 0 Å². The van der Waals surface area contributed by atoms with Gasteiger partial charge in [-0.05, 0) is 162 Å². The van der Waals surface area contributed by atoms with E-state index in [2.05, 4.69) is 48.7 Å². The third-order valence-corrected chi connectivity index (χ3v) is 19.5. The molecule has 2 aromatic rings. The van der Waals surface area contributed by atoms with Crippen LogP contribution in [0, 0.1) is 35.5 Å². The molecular formula is C40H60FeN4P2.